The second-order valence-electron chi connectivity index (χ2n) is 9.23. The predicted octanol–water partition coefficient (Wildman–Crippen LogP) is 6.73. The SMILES string of the molecule is CCCCOC(=O)N(Cc1ccc(-c2ccccc2C#N)cc1)[C@H](C(=O)OCc1ccccc1)C(C)C. The second kappa shape index (κ2) is 13.8. The maximum absolute atomic E-state index is 13.2. The number of rotatable bonds is 11. The Morgan fingerprint density at radius 2 is 1.57 bits per heavy atom. The van der Waals surface area contributed by atoms with E-state index >= 15 is 0 Å². The van der Waals surface area contributed by atoms with Gasteiger partial charge in [0.15, 0.2) is 0 Å². The molecule has 0 unspecified atom stereocenters. The van der Waals surface area contributed by atoms with Crippen molar-refractivity contribution in [1.82, 2.24) is 4.90 Å². The second-order valence-corrected chi connectivity index (χ2v) is 9.23. The molecule has 0 bridgehead atoms. The van der Waals surface area contributed by atoms with Crippen LogP contribution in [0, 0.1) is 17.2 Å². The molecule has 0 aliphatic rings. The summed E-state index contributed by atoms with van der Waals surface area (Å²) < 4.78 is 11.2. The van der Waals surface area contributed by atoms with E-state index in [9.17, 15) is 14.9 Å². The van der Waals surface area contributed by atoms with Crippen LogP contribution in [-0.2, 0) is 27.4 Å². The third kappa shape index (κ3) is 7.68. The van der Waals surface area contributed by atoms with Gasteiger partial charge in [-0.2, -0.15) is 5.26 Å². The van der Waals surface area contributed by atoms with Gasteiger partial charge in [-0.25, -0.2) is 9.59 Å². The third-order valence-corrected chi connectivity index (χ3v) is 6.06. The molecule has 3 aromatic carbocycles. The van der Waals surface area contributed by atoms with Gasteiger partial charge in [0.05, 0.1) is 18.2 Å². The lowest BCUT2D eigenvalue weighted by Gasteiger charge is -2.32. The molecule has 3 rings (SSSR count). The number of carbonyl (C=O) groups excluding carboxylic acids is 2. The Morgan fingerprint density at radius 3 is 2.22 bits per heavy atom. The Balaban J connectivity index is 1.83. The van der Waals surface area contributed by atoms with Crippen molar-refractivity contribution in [3.8, 4) is 17.2 Å². The van der Waals surface area contributed by atoms with Gasteiger partial charge in [-0.3, -0.25) is 4.90 Å². The van der Waals surface area contributed by atoms with E-state index in [1.165, 1.54) is 4.90 Å². The number of nitriles is 1. The highest BCUT2D eigenvalue weighted by atomic mass is 16.6. The van der Waals surface area contributed by atoms with E-state index in [4.69, 9.17) is 9.47 Å². The lowest BCUT2D eigenvalue weighted by molar-refractivity contribution is -0.152. The van der Waals surface area contributed by atoms with Crippen LogP contribution in [0.1, 0.15) is 50.3 Å². The molecule has 0 fully saturated rings. The Hall–Kier alpha value is -4.11. The summed E-state index contributed by atoms with van der Waals surface area (Å²) in [5.74, 6) is -0.658. The van der Waals surface area contributed by atoms with Crippen LogP contribution >= 0.6 is 0 Å². The molecule has 0 aromatic heterocycles. The van der Waals surface area contributed by atoms with E-state index in [0.29, 0.717) is 12.2 Å². The molecular weight excluding hydrogens is 464 g/mol. The summed E-state index contributed by atoms with van der Waals surface area (Å²) in [5, 5.41) is 9.43. The average Bonchev–Trinajstić information content (AvgIpc) is 2.92. The monoisotopic (exact) mass is 498 g/mol. The molecule has 0 heterocycles. The van der Waals surface area contributed by atoms with Gasteiger partial charge in [0.1, 0.15) is 12.6 Å². The van der Waals surface area contributed by atoms with Crippen molar-refractivity contribution in [3.05, 3.63) is 95.6 Å². The molecule has 0 aliphatic heterocycles. The Bertz CT molecular complexity index is 1200. The van der Waals surface area contributed by atoms with E-state index in [2.05, 4.69) is 6.07 Å². The van der Waals surface area contributed by atoms with E-state index < -0.39 is 18.1 Å². The first kappa shape index (κ1) is 27.5. The van der Waals surface area contributed by atoms with Gasteiger partial charge in [0, 0.05) is 6.54 Å². The number of hydrogen-bond donors (Lipinski definition) is 0. The fourth-order valence-corrected chi connectivity index (χ4v) is 4.06. The molecule has 1 amide bonds. The summed E-state index contributed by atoms with van der Waals surface area (Å²) in [6.07, 6.45) is 1.10. The van der Waals surface area contributed by atoms with Crippen molar-refractivity contribution in [2.75, 3.05) is 6.61 Å². The summed E-state index contributed by atoms with van der Waals surface area (Å²) in [5.41, 5.74) is 4.06. The largest absolute Gasteiger partial charge is 0.459 e. The number of carbonyl (C=O) groups is 2. The highest BCUT2D eigenvalue weighted by Gasteiger charge is 2.35. The average molecular weight is 499 g/mol. The molecule has 192 valence electrons. The lowest BCUT2D eigenvalue weighted by atomic mass is 9.98. The molecule has 0 aliphatic carbocycles. The van der Waals surface area contributed by atoms with Gasteiger partial charge in [0.2, 0.25) is 0 Å². The minimum atomic E-state index is -0.808. The molecule has 0 saturated carbocycles. The van der Waals surface area contributed by atoms with Crippen LogP contribution in [0.15, 0.2) is 78.9 Å². The highest BCUT2D eigenvalue weighted by Crippen LogP contribution is 2.25. The van der Waals surface area contributed by atoms with Crippen molar-refractivity contribution in [2.24, 2.45) is 5.92 Å². The molecule has 37 heavy (non-hydrogen) atoms. The number of esters is 1. The summed E-state index contributed by atoms with van der Waals surface area (Å²) in [4.78, 5) is 27.9. The van der Waals surface area contributed by atoms with Gasteiger partial charge >= 0.3 is 12.1 Å². The molecule has 0 radical (unpaired) electrons. The van der Waals surface area contributed by atoms with Crippen LogP contribution in [0.3, 0.4) is 0 Å². The van der Waals surface area contributed by atoms with E-state index in [1.807, 2.05) is 93.6 Å². The van der Waals surface area contributed by atoms with Crippen molar-refractivity contribution in [3.63, 3.8) is 0 Å². The minimum absolute atomic E-state index is 0.134. The maximum atomic E-state index is 13.2. The molecular formula is C31H34N2O4. The zero-order valence-electron chi connectivity index (χ0n) is 21.7. The molecule has 6 heteroatoms. The zero-order valence-corrected chi connectivity index (χ0v) is 21.7. The van der Waals surface area contributed by atoms with Crippen molar-refractivity contribution in [1.29, 1.82) is 5.26 Å². The smallest absolute Gasteiger partial charge is 0.410 e. The van der Waals surface area contributed by atoms with Crippen molar-refractivity contribution in [2.45, 2.75) is 52.8 Å². The van der Waals surface area contributed by atoms with E-state index in [1.54, 1.807) is 6.07 Å². The van der Waals surface area contributed by atoms with Crippen molar-refractivity contribution < 1.29 is 19.1 Å². The molecule has 6 nitrogen and oxygen atoms in total. The number of benzene rings is 3. The van der Waals surface area contributed by atoms with Crippen LogP contribution in [0.5, 0.6) is 0 Å². The highest BCUT2D eigenvalue weighted by molar-refractivity contribution is 5.82. The summed E-state index contributed by atoms with van der Waals surface area (Å²) in [6.45, 7) is 6.42. The Kier molecular flexibility index (Phi) is 10.3. The fraction of sp³-hybridized carbons (Fsp3) is 0.323. The number of hydrogen-bond acceptors (Lipinski definition) is 5. The van der Waals surface area contributed by atoms with Crippen LogP contribution in [0.2, 0.25) is 0 Å². The molecule has 0 spiro atoms. The quantitative estimate of drug-likeness (QED) is 0.216. The third-order valence-electron chi connectivity index (χ3n) is 6.06. The predicted molar refractivity (Wildman–Crippen MR) is 143 cm³/mol. The number of amides is 1. The molecule has 0 N–H and O–H groups in total. The van der Waals surface area contributed by atoms with E-state index in [0.717, 1.165) is 35.1 Å². The molecule has 1 atom stereocenters. The Labute approximate surface area is 219 Å². The first-order chi connectivity index (χ1) is 17.9. The summed E-state index contributed by atoms with van der Waals surface area (Å²) in [7, 11) is 0. The number of ether oxygens (including phenoxy) is 2. The first-order valence-electron chi connectivity index (χ1n) is 12.7. The van der Waals surface area contributed by atoms with Crippen molar-refractivity contribution >= 4 is 12.1 Å². The minimum Gasteiger partial charge on any atom is -0.459 e. The van der Waals surface area contributed by atoms with Crippen LogP contribution in [0.4, 0.5) is 4.79 Å². The van der Waals surface area contributed by atoms with Crippen LogP contribution in [0.25, 0.3) is 11.1 Å². The fourth-order valence-electron chi connectivity index (χ4n) is 4.06. The zero-order chi connectivity index (χ0) is 26.6. The van der Waals surface area contributed by atoms with Gasteiger partial charge in [-0.1, -0.05) is 100.0 Å². The summed E-state index contributed by atoms with van der Waals surface area (Å²) in [6, 6.07) is 25.9. The lowest BCUT2D eigenvalue weighted by Crippen LogP contribution is -2.48. The van der Waals surface area contributed by atoms with Gasteiger partial charge < -0.3 is 9.47 Å². The first-order valence-corrected chi connectivity index (χ1v) is 12.7. The normalized spacial score (nSPS) is 11.4. The maximum Gasteiger partial charge on any atom is 0.410 e. The number of unbranched alkanes of at least 4 members (excludes halogenated alkanes) is 1. The molecule has 0 saturated heterocycles. The van der Waals surface area contributed by atoms with Crippen LogP contribution < -0.4 is 0 Å². The Morgan fingerprint density at radius 1 is 0.892 bits per heavy atom. The number of nitrogens with zero attached hydrogens (tertiary/aromatic N) is 2. The standard InChI is InChI=1S/C31H34N2O4/c1-4-5-19-36-31(35)33(29(23(2)3)30(34)37-22-25-11-7-6-8-12-25)21-24-15-17-26(18-16-24)28-14-10-9-13-27(28)20-32/h6-18,23,29H,4-5,19,21-22H2,1-3H3/t29-/m0/s1. The van der Waals surface area contributed by atoms with Gasteiger partial charge in [-0.05, 0) is 40.7 Å². The van der Waals surface area contributed by atoms with Crippen LogP contribution in [-0.4, -0.2) is 29.6 Å². The van der Waals surface area contributed by atoms with Gasteiger partial charge in [-0.15, -0.1) is 0 Å². The molecule has 3 aromatic rings. The topological polar surface area (TPSA) is 79.6 Å². The van der Waals surface area contributed by atoms with Gasteiger partial charge in [0.25, 0.3) is 0 Å². The van der Waals surface area contributed by atoms with E-state index in [-0.39, 0.29) is 19.1 Å². The summed E-state index contributed by atoms with van der Waals surface area (Å²) >= 11 is 0.